The van der Waals surface area contributed by atoms with Crippen LogP contribution in [0.5, 0.6) is 5.75 Å². The molecular weight excluding hydrogens is 687 g/mol. The van der Waals surface area contributed by atoms with Crippen molar-refractivity contribution in [1.82, 2.24) is 15.6 Å². The molecule has 6 N–H and O–H groups in total. The largest absolute Gasteiger partial charge is 0.496 e. The van der Waals surface area contributed by atoms with Gasteiger partial charge in [-0.05, 0) is 34.9 Å². The summed E-state index contributed by atoms with van der Waals surface area (Å²) in [6, 6.07) is 30.8. The normalized spacial score (nSPS) is 14.1. The molecule has 5 rings (SSSR count). The molecule has 0 saturated carbocycles. The number of methoxy groups -OCH3 is 1. The monoisotopic (exact) mass is 728 g/mol. The van der Waals surface area contributed by atoms with E-state index in [0.717, 1.165) is 26.9 Å². The number of H-pyrrole nitrogens is 1. The maximum atomic E-state index is 14.1. The van der Waals surface area contributed by atoms with E-state index in [9.17, 15) is 23.8 Å². The molecule has 4 aromatic carbocycles. The highest BCUT2D eigenvalue weighted by atomic mass is 32.2. The third kappa shape index (κ3) is 10.7. The van der Waals surface area contributed by atoms with E-state index in [0.29, 0.717) is 11.3 Å². The molecule has 13 heteroatoms. The van der Waals surface area contributed by atoms with E-state index in [1.807, 2.05) is 72.8 Å². The van der Waals surface area contributed by atoms with Crippen molar-refractivity contribution in [2.24, 2.45) is 11.7 Å². The number of thioether (sulfide) groups is 1. The van der Waals surface area contributed by atoms with Gasteiger partial charge in [0.25, 0.3) is 0 Å². The number of primary amides is 1. The van der Waals surface area contributed by atoms with Crippen molar-refractivity contribution in [3.05, 3.63) is 132 Å². The lowest BCUT2D eigenvalue weighted by atomic mass is 10.0. The standard InChI is InChI=1S/C38H41N4O7PS/c1-48-34-18-10-11-19-35(34)51-25-29(37(44)41-32(36(39)43)20-28-21-40-31-17-9-8-16-30(28)31)23-50(46,47)24-33(27-14-6-3-7-15-27)42-38(45)49-22-26-12-4-2-5-13-26/h2-19,21,29,32-33,40H,20,22-25H2,1H3,(H2,39,43)(H,41,44)(H,42,45)(H,46,47). The first-order valence-electron chi connectivity index (χ1n) is 16.4. The Morgan fingerprint density at radius 2 is 1.55 bits per heavy atom. The van der Waals surface area contributed by atoms with Crippen molar-refractivity contribution in [1.29, 1.82) is 0 Å². The van der Waals surface area contributed by atoms with Crippen molar-refractivity contribution >= 4 is 47.9 Å². The lowest BCUT2D eigenvalue weighted by Crippen LogP contribution is -2.48. The van der Waals surface area contributed by atoms with Gasteiger partial charge in [0.15, 0.2) is 0 Å². The van der Waals surface area contributed by atoms with Gasteiger partial charge >= 0.3 is 6.09 Å². The first-order chi connectivity index (χ1) is 24.6. The molecule has 0 aliphatic rings. The molecule has 0 spiro atoms. The molecule has 0 aliphatic carbocycles. The lowest BCUT2D eigenvalue weighted by Gasteiger charge is -2.26. The lowest BCUT2D eigenvalue weighted by molar-refractivity contribution is -0.129. The Morgan fingerprint density at radius 3 is 2.27 bits per heavy atom. The second kappa shape index (κ2) is 17.8. The fourth-order valence-corrected chi connectivity index (χ4v) is 9.00. The maximum Gasteiger partial charge on any atom is 0.407 e. The highest BCUT2D eigenvalue weighted by Crippen LogP contribution is 2.47. The van der Waals surface area contributed by atoms with Crippen LogP contribution in [-0.4, -0.2) is 59.0 Å². The van der Waals surface area contributed by atoms with Crippen LogP contribution in [0.3, 0.4) is 0 Å². The number of benzene rings is 4. The van der Waals surface area contributed by atoms with Crippen molar-refractivity contribution in [3.8, 4) is 5.75 Å². The van der Waals surface area contributed by atoms with Crippen molar-refractivity contribution in [2.75, 3.05) is 25.2 Å². The number of para-hydroxylation sites is 2. The van der Waals surface area contributed by atoms with Gasteiger partial charge in [-0.3, -0.25) is 14.2 Å². The Hall–Kier alpha value is -5.03. The van der Waals surface area contributed by atoms with Gasteiger partial charge in [-0.15, -0.1) is 11.8 Å². The topological polar surface area (TPSA) is 173 Å². The molecule has 5 aromatic rings. The number of nitrogens with two attached hydrogens (primary N) is 1. The second-order valence-corrected chi connectivity index (χ2v) is 15.6. The number of rotatable bonds is 17. The Morgan fingerprint density at radius 1 is 0.882 bits per heavy atom. The van der Waals surface area contributed by atoms with Crippen LogP contribution in [0.15, 0.2) is 120 Å². The maximum absolute atomic E-state index is 14.1. The summed E-state index contributed by atoms with van der Waals surface area (Å²) in [5.41, 5.74) is 8.82. The van der Waals surface area contributed by atoms with Gasteiger partial charge in [0.1, 0.15) is 18.4 Å². The minimum absolute atomic E-state index is 0.0208. The van der Waals surface area contributed by atoms with Gasteiger partial charge in [0.05, 0.1) is 19.1 Å². The molecule has 51 heavy (non-hydrogen) atoms. The summed E-state index contributed by atoms with van der Waals surface area (Å²) >= 11 is 1.29. The number of carbonyl (C=O) groups excluding carboxylic acids is 3. The fraction of sp³-hybridized carbons (Fsp3) is 0.237. The smallest absolute Gasteiger partial charge is 0.407 e. The van der Waals surface area contributed by atoms with Gasteiger partial charge in [-0.1, -0.05) is 91.0 Å². The molecule has 1 heterocycles. The van der Waals surface area contributed by atoms with Crippen molar-refractivity contribution in [3.63, 3.8) is 0 Å². The molecule has 0 aliphatic heterocycles. The molecule has 266 valence electrons. The van der Waals surface area contributed by atoms with E-state index in [4.69, 9.17) is 15.2 Å². The number of hydrogen-bond donors (Lipinski definition) is 5. The molecule has 1 aromatic heterocycles. The predicted octanol–water partition coefficient (Wildman–Crippen LogP) is 6.04. The van der Waals surface area contributed by atoms with Gasteiger partial charge in [0, 0.05) is 46.5 Å². The van der Waals surface area contributed by atoms with E-state index in [1.54, 1.807) is 42.6 Å². The van der Waals surface area contributed by atoms with Crippen LogP contribution in [0.2, 0.25) is 0 Å². The van der Waals surface area contributed by atoms with Gasteiger partial charge in [-0.25, -0.2) is 4.79 Å². The highest BCUT2D eigenvalue weighted by Gasteiger charge is 2.34. The zero-order valence-electron chi connectivity index (χ0n) is 28.1. The summed E-state index contributed by atoms with van der Waals surface area (Å²) in [6.07, 6.45) is 0.346. The molecule has 0 fully saturated rings. The number of carbonyl (C=O) groups is 3. The van der Waals surface area contributed by atoms with E-state index in [1.165, 1.54) is 18.9 Å². The van der Waals surface area contributed by atoms with Crippen molar-refractivity contribution < 1.29 is 33.3 Å². The summed E-state index contributed by atoms with van der Waals surface area (Å²) < 4.78 is 25.0. The molecule has 4 atom stereocenters. The van der Waals surface area contributed by atoms with Gasteiger partial charge in [0.2, 0.25) is 19.2 Å². The number of aromatic amines is 1. The molecule has 4 unspecified atom stereocenters. The number of alkyl carbamates (subject to hydrolysis) is 1. The zero-order chi connectivity index (χ0) is 36.2. The quantitative estimate of drug-likeness (QED) is 0.0570. The third-order valence-electron chi connectivity index (χ3n) is 8.32. The summed E-state index contributed by atoms with van der Waals surface area (Å²) in [5, 5.41) is 6.40. The molecular formula is C38H41N4O7PS. The third-order valence-corrected chi connectivity index (χ3v) is 11.5. The van der Waals surface area contributed by atoms with Crippen LogP contribution in [0.4, 0.5) is 4.79 Å². The SMILES string of the molecule is COc1ccccc1SCC(CP(=O)(O)CC(NC(=O)OCc1ccccc1)c1ccccc1)C(=O)NC(Cc1c[nH]c2ccccc12)C(N)=O. The van der Waals surface area contributed by atoms with Gasteiger partial charge in [-0.2, -0.15) is 0 Å². The summed E-state index contributed by atoms with van der Waals surface area (Å²) in [7, 11) is -2.61. The van der Waals surface area contributed by atoms with E-state index in [2.05, 4.69) is 15.6 Å². The molecule has 3 amide bonds. The van der Waals surface area contributed by atoms with Crippen molar-refractivity contribution in [2.45, 2.75) is 30.0 Å². The Bertz CT molecular complexity index is 1980. The van der Waals surface area contributed by atoms with Crippen LogP contribution >= 0.6 is 19.1 Å². The number of nitrogens with one attached hydrogen (secondary N) is 3. The minimum atomic E-state index is -4.15. The van der Waals surface area contributed by atoms with Gasteiger partial charge < -0.3 is 35.7 Å². The average molecular weight is 729 g/mol. The number of fused-ring (bicyclic) bond motifs is 1. The first kappa shape index (κ1) is 37.2. The Kier molecular flexibility index (Phi) is 13.0. The second-order valence-electron chi connectivity index (χ2n) is 12.1. The summed E-state index contributed by atoms with van der Waals surface area (Å²) in [6.45, 7) is 0.0208. The zero-order valence-corrected chi connectivity index (χ0v) is 29.8. The number of ether oxygens (including phenoxy) is 2. The van der Waals surface area contributed by atoms with E-state index >= 15 is 0 Å². The van der Waals surface area contributed by atoms with Crippen LogP contribution < -0.4 is 21.1 Å². The fourth-order valence-electron chi connectivity index (χ4n) is 5.70. The summed E-state index contributed by atoms with van der Waals surface area (Å²) in [5.74, 6) is -1.67. The predicted molar refractivity (Wildman–Crippen MR) is 199 cm³/mol. The van der Waals surface area contributed by atoms with Crippen LogP contribution in [0.1, 0.15) is 22.7 Å². The van der Waals surface area contributed by atoms with E-state index < -0.39 is 49.4 Å². The first-order valence-corrected chi connectivity index (χ1v) is 19.4. The minimum Gasteiger partial charge on any atom is -0.496 e. The number of aromatic nitrogens is 1. The Labute approximate surface area is 300 Å². The van der Waals surface area contributed by atoms with Crippen LogP contribution in [0.25, 0.3) is 10.9 Å². The summed E-state index contributed by atoms with van der Waals surface area (Å²) in [4.78, 5) is 54.9. The molecule has 11 nitrogen and oxygen atoms in total. The highest BCUT2D eigenvalue weighted by molar-refractivity contribution is 7.99. The van der Waals surface area contributed by atoms with E-state index in [-0.39, 0.29) is 24.9 Å². The number of hydrogen-bond acceptors (Lipinski definition) is 7. The van der Waals surface area contributed by atoms with Crippen LogP contribution in [0, 0.1) is 5.92 Å². The van der Waals surface area contributed by atoms with Crippen LogP contribution in [-0.2, 0) is 31.9 Å². The average Bonchev–Trinajstić information content (AvgIpc) is 3.55. The Balaban J connectivity index is 1.34. The molecule has 0 saturated heterocycles. The molecule has 0 bridgehead atoms. The number of amides is 3. The molecule has 0 radical (unpaired) electrons.